The number of halogens is 1. The lowest BCUT2D eigenvalue weighted by Crippen LogP contribution is -1.88. The lowest BCUT2D eigenvalue weighted by molar-refractivity contribution is 0.591. The molecule has 0 aromatic heterocycles. The minimum absolute atomic E-state index is 0.862. The molecule has 0 atom stereocenters. The summed E-state index contributed by atoms with van der Waals surface area (Å²) >= 11 is 3.47. The van der Waals surface area contributed by atoms with Crippen molar-refractivity contribution in [1.29, 1.82) is 0 Å². The van der Waals surface area contributed by atoms with Crippen LogP contribution in [0.5, 0.6) is 0 Å². The molecule has 0 aliphatic carbocycles. The standard InChI is InChI=1S/C15H24BrN/c16-13-7-5-3-1-2-4-6-8-14-9-11-15(17)12-10-14/h9-12H,1-8,13,17H2. The number of anilines is 1. The third-order valence-corrected chi connectivity index (χ3v) is 3.64. The zero-order valence-corrected chi connectivity index (χ0v) is 12.2. The number of alkyl halides is 1. The summed E-state index contributed by atoms with van der Waals surface area (Å²) in [6.07, 6.45) is 10.7. The molecule has 0 saturated carbocycles. The van der Waals surface area contributed by atoms with Crippen LogP contribution < -0.4 is 5.73 Å². The maximum Gasteiger partial charge on any atom is 0.0314 e. The third kappa shape index (κ3) is 7.43. The molecule has 0 bridgehead atoms. The van der Waals surface area contributed by atoms with Crippen LogP contribution in [0.25, 0.3) is 0 Å². The van der Waals surface area contributed by atoms with E-state index in [0.717, 1.165) is 11.0 Å². The van der Waals surface area contributed by atoms with Crippen LogP contribution >= 0.6 is 15.9 Å². The predicted octanol–water partition coefficient (Wildman–Crippen LogP) is 4.94. The number of aryl methyl sites for hydroxylation is 1. The first-order valence-electron chi connectivity index (χ1n) is 6.73. The van der Waals surface area contributed by atoms with Gasteiger partial charge in [0.2, 0.25) is 0 Å². The summed E-state index contributed by atoms with van der Waals surface area (Å²) in [5, 5.41) is 1.16. The fraction of sp³-hybridized carbons (Fsp3) is 0.600. The third-order valence-electron chi connectivity index (χ3n) is 3.08. The van der Waals surface area contributed by atoms with Crippen LogP contribution in [0.15, 0.2) is 24.3 Å². The molecule has 0 amide bonds. The van der Waals surface area contributed by atoms with E-state index in [4.69, 9.17) is 5.73 Å². The molecule has 17 heavy (non-hydrogen) atoms. The van der Waals surface area contributed by atoms with Gasteiger partial charge in [0.15, 0.2) is 0 Å². The number of unbranched alkanes of at least 4 members (excludes halogenated alkanes) is 6. The van der Waals surface area contributed by atoms with Crippen molar-refractivity contribution in [3.63, 3.8) is 0 Å². The van der Waals surface area contributed by atoms with Gasteiger partial charge in [-0.15, -0.1) is 0 Å². The first kappa shape index (κ1) is 14.6. The Kier molecular flexibility index (Phi) is 8.16. The van der Waals surface area contributed by atoms with Gasteiger partial charge >= 0.3 is 0 Å². The van der Waals surface area contributed by atoms with Gasteiger partial charge in [0.25, 0.3) is 0 Å². The van der Waals surface area contributed by atoms with Crippen molar-refractivity contribution in [1.82, 2.24) is 0 Å². The van der Waals surface area contributed by atoms with Crippen LogP contribution in [0, 0.1) is 0 Å². The molecule has 1 rings (SSSR count). The Bertz CT molecular complexity index is 281. The monoisotopic (exact) mass is 297 g/mol. The van der Waals surface area contributed by atoms with Crippen molar-refractivity contribution in [2.75, 3.05) is 11.1 Å². The minimum Gasteiger partial charge on any atom is -0.399 e. The van der Waals surface area contributed by atoms with Crippen molar-refractivity contribution in [2.24, 2.45) is 0 Å². The van der Waals surface area contributed by atoms with Gasteiger partial charge in [0, 0.05) is 11.0 Å². The van der Waals surface area contributed by atoms with Gasteiger partial charge in [-0.25, -0.2) is 0 Å². The summed E-state index contributed by atoms with van der Waals surface area (Å²) in [5.41, 5.74) is 7.93. The molecule has 0 saturated heterocycles. The molecular weight excluding hydrogens is 274 g/mol. The Morgan fingerprint density at radius 2 is 1.29 bits per heavy atom. The van der Waals surface area contributed by atoms with Crippen LogP contribution in [0.2, 0.25) is 0 Å². The van der Waals surface area contributed by atoms with Gasteiger partial charge in [-0.3, -0.25) is 0 Å². The molecule has 1 aromatic rings. The van der Waals surface area contributed by atoms with Crippen molar-refractivity contribution in [2.45, 2.75) is 51.4 Å². The Labute approximate surface area is 114 Å². The molecule has 0 fully saturated rings. The molecule has 0 radical (unpaired) electrons. The lowest BCUT2D eigenvalue weighted by Gasteiger charge is -2.03. The fourth-order valence-electron chi connectivity index (χ4n) is 1.99. The van der Waals surface area contributed by atoms with Gasteiger partial charge in [-0.05, 0) is 37.0 Å². The summed E-state index contributed by atoms with van der Waals surface area (Å²) < 4.78 is 0. The van der Waals surface area contributed by atoms with Gasteiger partial charge in [-0.2, -0.15) is 0 Å². The maximum atomic E-state index is 5.66. The Morgan fingerprint density at radius 3 is 1.88 bits per heavy atom. The molecule has 96 valence electrons. The van der Waals surface area contributed by atoms with Crippen molar-refractivity contribution >= 4 is 21.6 Å². The fourth-order valence-corrected chi connectivity index (χ4v) is 2.39. The van der Waals surface area contributed by atoms with E-state index < -0.39 is 0 Å². The van der Waals surface area contributed by atoms with E-state index in [2.05, 4.69) is 28.1 Å². The number of nitrogens with two attached hydrogens (primary N) is 1. The average Bonchev–Trinajstić information content (AvgIpc) is 2.35. The Balaban J connectivity index is 1.95. The number of hydrogen-bond acceptors (Lipinski definition) is 1. The van der Waals surface area contributed by atoms with Crippen LogP contribution in [0.4, 0.5) is 5.69 Å². The highest BCUT2D eigenvalue weighted by Crippen LogP contribution is 2.12. The highest BCUT2D eigenvalue weighted by Gasteiger charge is 1.94. The SMILES string of the molecule is Nc1ccc(CCCCCCCCCBr)cc1. The number of nitrogen functional groups attached to an aromatic ring is 1. The van der Waals surface area contributed by atoms with E-state index in [0.29, 0.717) is 0 Å². The molecule has 1 aromatic carbocycles. The molecule has 0 heterocycles. The summed E-state index contributed by atoms with van der Waals surface area (Å²) in [6.45, 7) is 0. The van der Waals surface area contributed by atoms with Crippen LogP contribution in [0.3, 0.4) is 0 Å². The van der Waals surface area contributed by atoms with Crippen LogP contribution in [-0.4, -0.2) is 5.33 Å². The number of hydrogen-bond donors (Lipinski definition) is 1. The van der Waals surface area contributed by atoms with Crippen molar-refractivity contribution < 1.29 is 0 Å². The average molecular weight is 298 g/mol. The van der Waals surface area contributed by atoms with Gasteiger partial charge in [-0.1, -0.05) is 60.2 Å². The maximum absolute atomic E-state index is 5.66. The molecule has 0 spiro atoms. The van der Waals surface area contributed by atoms with E-state index in [9.17, 15) is 0 Å². The minimum atomic E-state index is 0.862. The molecule has 0 unspecified atom stereocenters. The summed E-state index contributed by atoms with van der Waals surface area (Å²) in [4.78, 5) is 0. The lowest BCUT2D eigenvalue weighted by atomic mass is 10.0. The molecule has 0 aliphatic rings. The summed E-state index contributed by atoms with van der Waals surface area (Å²) in [6, 6.07) is 8.28. The van der Waals surface area contributed by atoms with Gasteiger partial charge in [0.05, 0.1) is 0 Å². The normalized spacial score (nSPS) is 10.6. The second-order valence-electron chi connectivity index (χ2n) is 4.66. The summed E-state index contributed by atoms with van der Waals surface area (Å²) in [5.74, 6) is 0. The predicted molar refractivity (Wildman–Crippen MR) is 80.7 cm³/mol. The summed E-state index contributed by atoms with van der Waals surface area (Å²) in [7, 11) is 0. The quantitative estimate of drug-likeness (QED) is 0.390. The van der Waals surface area contributed by atoms with Crippen LogP contribution in [0.1, 0.15) is 50.5 Å². The van der Waals surface area contributed by atoms with Crippen LogP contribution in [-0.2, 0) is 6.42 Å². The highest BCUT2D eigenvalue weighted by molar-refractivity contribution is 9.09. The largest absolute Gasteiger partial charge is 0.399 e. The van der Waals surface area contributed by atoms with E-state index in [-0.39, 0.29) is 0 Å². The van der Waals surface area contributed by atoms with Crippen molar-refractivity contribution in [3.05, 3.63) is 29.8 Å². The molecule has 2 heteroatoms. The molecule has 2 N–H and O–H groups in total. The van der Waals surface area contributed by atoms with E-state index >= 15 is 0 Å². The van der Waals surface area contributed by atoms with E-state index in [1.165, 1.54) is 56.9 Å². The van der Waals surface area contributed by atoms with E-state index in [1.807, 2.05) is 12.1 Å². The van der Waals surface area contributed by atoms with Gasteiger partial charge < -0.3 is 5.73 Å². The topological polar surface area (TPSA) is 26.0 Å². The van der Waals surface area contributed by atoms with E-state index in [1.54, 1.807) is 0 Å². The molecular formula is C15H24BrN. The number of rotatable bonds is 9. The smallest absolute Gasteiger partial charge is 0.0314 e. The zero-order chi connectivity index (χ0) is 12.3. The second kappa shape index (κ2) is 9.52. The first-order valence-corrected chi connectivity index (χ1v) is 7.85. The second-order valence-corrected chi connectivity index (χ2v) is 5.45. The number of benzene rings is 1. The molecule has 1 nitrogen and oxygen atoms in total. The highest BCUT2D eigenvalue weighted by atomic mass is 79.9. The molecule has 0 aliphatic heterocycles. The Morgan fingerprint density at radius 1 is 0.765 bits per heavy atom. The van der Waals surface area contributed by atoms with Gasteiger partial charge in [0.1, 0.15) is 0 Å². The Hall–Kier alpha value is -0.500. The van der Waals surface area contributed by atoms with Crippen molar-refractivity contribution in [3.8, 4) is 0 Å². The zero-order valence-electron chi connectivity index (χ0n) is 10.6. The first-order chi connectivity index (χ1) is 8.33.